The topological polar surface area (TPSA) is 19.1 Å². The van der Waals surface area contributed by atoms with Crippen LogP contribution < -0.4 is 4.74 Å². The quantitative estimate of drug-likeness (QED) is 0.242. The van der Waals surface area contributed by atoms with Crippen molar-refractivity contribution in [2.45, 2.75) is 6.54 Å². The van der Waals surface area contributed by atoms with Crippen LogP contribution in [-0.2, 0) is 6.54 Å². The van der Waals surface area contributed by atoms with Crippen LogP contribution in [-0.4, -0.2) is 16.2 Å². The van der Waals surface area contributed by atoms with Gasteiger partial charge < -0.3 is 13.9 Å². The molecule has 0 amide bonds. The lowest BCUT2D eigenvalue weighted by Gasteiger charge is -2.10. The molecule has 0 saturated heterocycles. The third-order valence-corrected chi connectivity index (χ3v) is 7.44. The van der Waals surface area contributed by atoms with E-state index in [1.165, 1.54) is 49.2 Å². The number of hydrogen-bond acceptors (Lipinski definition) is 1. The lowest BCUT2D eigenvalue weighted by atomic mass is 10.1. The summed E-state index contributed by atoms with van der Waals surface area (Å²) in [4.78, 5) is 0. The third-order valence-electron chi connectivity index (χ3n) is 7.44. The Labute approximate surface area is 215 Å². The Balaban J connectivity index is 1.62. The molecule has 0 radical (unpaired) electrons. The first-order valence-electron chi connectivity index (χ1n) is 12.6. The van der Waals surface area contributed by atoms with E-state index >= 15 is 0 Å². The van der Waals surface area contributed by atoms with Crippen LogP contribution in [0.3, 0.4) is 0 Å². The first-order valence-corrected chi connectivity index (χ1v) is 12.6. The standard InChI is InChI=1S/C34H26N2O/c1-3-23-13-15-24(16-14-23)22-35-30-19-17-26(37-2)21-29(30)27-18-20-32-33(34(27)35)28-11-7-8-12-31(28)36(32)25-9-5-4-6-10-25/h3-21H,1,22H2,2H3. The SMILES string of the molecule is C=Cc1ccc(Cn2c3ccc(OC)cc3c3ccc4c(c5ccccc5n4-c4ccccc4)c32)cc1. The van der Waals surface area contributed by atoms with E-state index in [1.807, 2.05) is 6.08 Å². The molecule has 0 atom stereocenters. The van der Waals surface area contributed by atoms with Gasteiger partial charge in [-0.2, -0.15) is 0 Å². The highest BCUT2D eigenvalue weighted by atomic mass is 16.5. The molecule has 0 unspecified atom stereocenters. The fourth-order valence-electron chi connectivity index (χ4n) is 5.71. The maximum absolute atomic E-state index is 5.62. The summed E-state index contributed by atoms with van der Waals surface area (Å²) in [6, 6.07) is 39.0. The monoisotopic (exact) mass is 478 g/mol. The predicted octanol–water partition coefficient (Wildman–Crippen LogP) is 8.59. The number of methoxy groups -OCH3 is 1. The second kappa shape index (κ2) is 8.42. The molecule has 178 valence electrons. The number of aromatic nitrogens is 2. The van der Waals surface area contributed by atoms with Gasteiger partial charge >= 0.3 is 0 Å². The Morgan fingerprint density at radius 1 is 0.703 bits per heavy atom. The summed E-state index contributed by atoms with van der Waals surface area (Å²) in [7, 11) is 1.73. The summed E-state index contributed by atoms with van der Waals surface area (Å²) in [6.45, 7) is 4.68. The fraction of sp³-hybridized carbons (Fsp3) is 0.0588. The molecule has 5 aromatic carbocycles. The highest BCUT2D eigenvalue weighted by Crippen LogP contribution is 2.41. The Bertz CT molecular complexity index is 1940. The van der Waals surface area contributed by atoms with Gasteiger partial charge in [-0.1, -0.05) is 79.4 Å². The molecule has 37 heavy (non-hydrogen) atoms. The molecular weight excluding hydrogens is 452 g/mol. The zero-order valence-electron chi connectivity index (χ0n) is 20.7. The second-order valence-electron chi connectivity index (χ2n) is 9.46. The molecule has 0 bridgehead atoms. The summed E-state index contributed by atoms with van der Waals surface area (Å²) in [5, 5.41) is 4.97. The first kappa shape index (κ1) is 21.5. The molecule has 0 spiro atoms. The van der Waals surface area contributed by atoms with Crippen molar-refractivity contribution in [1.29, 1.82) is 0 Å². The first-order chi connectivity index (χ1) is 18.3. The Hall–Kier alpha value is -4.76. The highest BCUT2D eigenvalue weighted by molar-refractivity contribution is 6.25. The minimum atomic E-state index is 0.772. The molecule has 0 aliphatic carbocycles. The molecule has 7 rings (SSSR count). The van der Waals surface area contributed by atoms with Gasteiger partial charge in [0.15, 0.2) is 0 Å². The van der Waals surface area contributed by atoms with Gasteiger partial charge in [-0.25, -0.2) is 0 Å². The lowest BCUT2D eigenvalue weighted by molar-refractivity contribution is 0.415. The van der Waals surface area contributed by atoms with Crippen molar-refractivity contribution < 1.29 is 4.74 Å². The van der Waals surface area contributed by atoms with E-state index < -0.39 is 0 Å². The Kier molecular flexibility index (Phi) is 4.90. The zero-order chi connectivity index (χ0) is 24.9. The average molecular weight is 479 g/mol. The summed E-state index contributed by atoms with van der Waals surface area (Å²) >= 11 is 0. The van der Waals surface area contributed by atoms with Crippen LogP contribution in [0.5, 0.6) is 5.75 Å². The predicted molar refractivity (Wildman–Crippen MR) is 156 cm³/mol. The Morgan fingerprint density at radius 2 is 1.46 bits per heavy atom. The molecule has 0 fully saturated rings. The smallest absolute Gasteiger partial charge is 0.119 e. The van der Waals surface area contributed by atoms with Crippen LogP contribution in [0.2, 0.25) is 0 Å². The summed E-state index contributed by atoms with van der Waals surface area (Å²) in [5.41, 5.74) is 8.41. The van der Waals surface area contributed by atoms with E-state index in [0.717, 1.165) is 23.5 Å². The van der Waals surface area contributed by atoms with E-state index in [-0.39, 0.29) is 0 Å². The molecule has 3 heteroatoms. The number of hydrogen-bond donors (Lipinski definition) is 0. The second-order valence-corrected chi connectivity index (χ2v) is 9.46. The van der Waals surface area contributed by atoms with Gasteiger partial charge in [0.1, 0.15) is 5.75 Å². The number of ether oxygens (including phenoxy) is 1. The van der Waals surface area contributed by atoms with Crippen LogP contribution in [0, 0.1) is 0 Å². The van der Waals surface area contributed by atoms with Crippen molar-refractivity contribution in [3.63, 3.8) is 0 Å². The van der Waals surface area contributed by atoms with E-state index in [2.05, 4.69) is 125 Å². The van der Waals surface area contributed by atoms with E-state index in [1.54, 1.807) is 7.11 Å². The number of para-hydroxylation sites is 2. The van der Waals surface area contributed by atoms with Crippen molar-refractivity contribution in [3.8, 4) is 11.4 Å². The van der Waals surface area contributed by atoms with E-state index in [0.29, 0.717) is 0 Å². The van der Waals surface area contributed by atoms with Gasteiger partial charge in [-0.3, -0.25) is 0 Å². The summed E-state index contributed by atoms with van der Waals surface area (Å²) in [6.07, 6.45) is 1.89. The number of nitrogens with zero attached hydrogens (tertiary/aromatic N) is 2. The zero-order valence-corrected chi connectivity index (χ0v) is 20.7. The molecular formula is C34H26N2O. The van der Waals surface area contributed by atoms with Crippen LogP contribution in [0.15, 0.2) is 116 Å². The fourth-order valence-corrected chi connectivity index (χ4v) is 5.71. The molecule has 0 N–H and O–H groups in total. The van der Waals surface area contributed by atoms with Crippen molar-refractivity contribution in [3.05, 3.63) is 127 Å². The molecule has 0 saturated carbocycles. The average Bonchev–Trinajstić information content (AvgIpc) is 3.46. The Morgan fingerprint density at radius 3 is 2.24 bits per heavy atom. The van der Waals surface area contributed by atoms with Crippen molar-refractivity contribution in [2.24, 2.45) is 0 Å². The summed E-state index contributed by atoms with van der Waals surface area (Å²) in [5.74, 6) is 0.869. The number of benzene rings is 5. The molecule has 0 aliphatic rings. The van der Waals surface area contributed by atoms with Crippen molar-refractivity contribution in [1.82, 2.24) is 9.13 Å². The van der Waals surface area contributed by atoms with Crippen LogP contribution in [0.4, 0.5) is 0 Å². The third kappa shape index (κ3) is 3.28. The lowest BCUT2D eigenvalue weighted by Crippen LogP contribution is -2.00. The normalized spacial score (nSPS) is 11.6. The molecule has 2 heterocycles. The molecule has 2 aromatic heterocycles. The van der Waals surface area contributed by atoms with Gasteiger partial charge in [-0.15, -0.1) is 0 Å². The molecule has 7 aromatic rings. The minimum absolute atomic E-state index is 0.772. The van der Waals surface area contributed by atoms with Crippen molar-refractivity contribution >= 4 is 49.7 Å². The minimum Gasteiger partial charge on any atom is -0.497 e. The van der Waals surface area contributed by atoms with Gasteiger partial charge in [0.05, 0.1) is 23.7 Å². The molecule has 0 aliphatic heterocycles. The van der Waals surface area contributed by atoms with Crippen molar-refractivity contribution in [2.75, 3.05) is 7.11 Å². The largest absolute Gasteiger partial charge is 0.497 e. The van der Waals surface area contributed by atoms with E-state index in [9.17, 15) is 0 Å². The maximum atomic E-state index is 5.62. The highest BCUT2D eigenvalue weighted by Gasteiger charge is 2.20. The van der Waals surface area contributed by atoms with Crippen LogP contribution in [0.1, 0.15) is 11.1 Å². The number of fused-ring (bicyclic) bond motifs is 7. The number of rotatable bonds is 5. The molecule has 3 nitrogen and oxygen atoms in total. The van der Waals surface area contributed by atoms with E-state index in [4.69, 9.17) is 4.74 Å². The van der Waals surface area contributed by atoms with Crippen LogP contribution >= 0.6 is 0 Å². The van der Waals surface area contributed by atoms with Gasteiger partial charge in [0.2, 0.25) is 0 Å². The van der Waals surface area contributed by atoms with Gasteiger partial charge in [0, 0.05) is 39.3 Å². The van der Waals surface area contributed by atoms with Crippen LogP contribution in [0.25, 0.3) is 55.4 Å². The summed E-state index contributed by atoms with van der Waals surface area (Å²) < 4.78 is 10.5. The van der Waals surface area contributed by atoms with Gasteiger partial charge in [-0.05, 0) is 53.6 Å². The maximum Gasteiger partial charge on any atom is 0.119 e. The van der Waals surface area contributed by atoms with Gasteiger partial charge in [0.25, 0.3) is 0 Å².